The molecule has 5 nitrogen and oxygen atoms in total. The molecule has 0 unspecified atom stereocenters. The molecule has 1 aromatic heterocycles. The second-order valence-corrected chi connectivity index (χ2v) is 7.35. The van der Waals surface area contributed by atoms with E-state index in [-0.39, 0.29) is 6.03 Å². The lowest BCUT2D eigenvalue weighted by molar-refractivity contribution is 0.152. The maximum atomic E-state index is 12.0. The van der Waals surface area contributed by atoms with E-state index in [4.69, 9.17) is 0 Å². The van der Waals surface area contributed by atoms with Gasteiger partial charge in [-0.3, -0.25) is 4.90 Å². The van der Waals surface area contributed by atoms with Crippen LogP contribution in [-0.2, 0) is 13.0 Å². The van der Waals surface area contributed by atoms with Gasteiger partial charge in [0.2, 0.25) is 0 Å². The molecule has 1 aliphatic rings. The number of likely N-dealkylation sites (tertiary alicyclic amines) is 1. The number of thiazole rings is 1. The molecule has 1 aromatic carbocycles. The van der Waals surface area contributed by atoms with Gasteiger partial charge in [0.05, 0.1) is 11.2 Å². The van der Waals surface area contributed by atoms with E-state index >= 15 is 0 Å². The van der Waals surface area contributed by atoms with E-state index in [0.717, 1.165) is 30.9 Å². The molecule has 2 aromatic rings. The molecule has 25 heavy (non-hydrogen) atoms. The first-order valence-corrected chi connectivity index (χ1v) is 9.90. The molecule has 0 aliphatic carbocycles. The first-order chi connectivity index (χ1) is 12.2. The molecule has 2 heterocycles. The molecule has 0 spiro atoms. The number of urea groups is 1. The van der Waals surface area contributed by atoms with Crippen molar-refractivity contribution in [2.45, 2.75) is 45.2 Å². The topological polar surface area (TPSA) is 57.3 Å². The number of hydrogen-bond acceptors (Lipinski definition) is 4. The highest BCUT2D eigenvalue weighted by Crippen LogP contribution is 2.20. The third kappa shape index (κ3) is 5.54. The van der Waals surface area contributed by atoms with E-state index in [2.05, 4.69) is 39.6 Å². The van der Waals surface area contributed by atoms with Gasteiger partial charge in [0.25, 0.3) is 0 Å². The Morgan fingerprint density at radius 1 is 1.40 bits per heavy atom. The van der Waals surface area contributed by atoms with Crippen molar-refractivity contribution in [2.75, 3.05) is 18.4 Å². The normalized spacial score (nSPS) is 18.0. The van der Waals surface area contributed by atoms with Gasteiger partial charge in [0, 0.05) is 36.6 Å². The van der Waals surface area contributed by atoms with Crippen LogP contribution < -0.4 is 10.6 Å². The largest absolute Gasteiger partial charge is 0.337 e. The fourth-order valence-electron chi connectivity index (χ4n) is 3.21. The Balaban J connectivity index is 1.48. The van der Waals surface area contributed by atoms with Gasteiger partial charge in [-0.05, 0) is 44.0 Å². The summed E-state index contributed by atoms with van der Waals surface area (Å²) in [5, 5.41) is 7.81. The molecular weight excluding hydrogens is 332 g/mol. The number of carbonyl (C=O) groups is 1. The molecule has 1 saturated heterocycles. The van der Waals surface area contributed by atoms with E-state index in [0.29, 0.717) is 12.6 Å². The highest BCUT2D eigenvalue weighted by molar-refractivity contribution is 7.07. The van der Waals surface area contributed by atoms with Crippen molar-refractivity contribution < 1.29 is 4.79 Å². The van der Waals surface area contributed by atoms with Gasteiger partial charge in [-0.1, -0.05) is 18.6 Å². The van der Waals surface area contributed by atoms with Crippen LogP contribution in [0.2, 0.25) is 0 Å². The zero-order valence-corrected chi connectivity index (χ0v) is 15.5. The predicted octanol–water partition coefficient (Wildman–Crippen LogP) is 3.88. The molecule has 0 radical (unpaired) electrons. The Morgan fingerprint density at radius 3 is 3.12 bits per heavy atom. The van der Waals surface area contributed by atoms with Gasteiger partial charge >= 0.3 is 6.03 Å². The first-order valence-electron chi connectivity index (χ1n) is 8.95. The van der Waals surface area contributed by atoms with Crippen LogP contribution in [0.15, 0.2) is 35.2 Å². The van der Waals surface area contributed by atoms with Gasteiger partial charge in [-0.25, -0.2) is 9.78 Å². The zero-order valence-electron chi connectivity index (χ0n) is 14.7. The summed E-state index contributed by atoms with van der Waals surface area (Å²) < 4.78 is 0. The molecule has 6 heteroatoms. The van der Waals surface area contributed by atoms with Crippen LogP contribution in [0.4, 0.5) is 10.5 Å². The fourth-order valence-corrected chi connectivity index (χ4v) is 3.81. The maximum absolute atomic E-state index is 12.0. The number of piperidine rings is 1. The average molecular weight is 359 g/mol. The standard InChI is InChI=1S/C19H26N4OS/c1-15-5-2-3-10-23(15)12-16-6-4-7-17(11-16)22-19(24)20-9-8-18-13-25-14-21-18/h4,6-7,11,13-15H,2-3,5,8-10,12H2,1H3,(H2,20,22,24)/t15-/m1/s1. The SMILES string of the molecule is C[C@@H]1CCCCN1Cc1cccc(NC(=O)NCCc2cscn2)c1. The van der Waals surface area contributed by atoms with Crippen LogP contribution in [-0.4, -0.2) is 35.0 Å². The molecule has 1 aliphatic heterocycles. The molecule has 2 N–H and O–H groups in total. The summed E-state index contributed by atoms with van der Waals surface area (Å²) in [7, 11) is 0. The Kier molecular flexibility index (Phi) is 6.42. The highest BCUT2D eigenvalue weighted by atomic mass is 32.1. The molecular formula is C19H26N4OS. The van der Waals surface area contributed by atoms with Crippen molar-refractivity contribution in [3.8, 4) is 0 Å². The van der Waals surface area contributed by atoms with Crippen molar-refractivity contribution >= 4 is 23.1 Å². The van der Waals surface area contributed by atoms with Crippen molar-refractivity contribution in [3.63, 3.8) is 0 Å². The number of anilines is 1. The summed E-state index contributed by atoms with van der Waals surface area (Å²) in [5.41, 5.74) is 4.91. The number of nitrogens with one attached hydrogen (secondary N) is 2. The Morgan fingerprint density at radius 2 is 2.32 bits per heavy atom. The van der Waals surface area contributed by atoms with Crippen LogP contribution >= 0.6 is 11.3 Å². The van der Waals surface area contributed by atoms with Crippen molar-refractivity contribution in [3.05, 3.63) is 46.4 Å². The lowest BCUT2D eigenvalue weighted by atomic mass is 10.0. The highest BCUT2D eigenvalue weighted by Gasteiger charge is 2.18. The molecule has 134 valence electrons. The first kappa shape index (κ1) is 17.9. The Labute approximate surface area is 153 Å². The summed E-state index contributed by atoms with van der Waals surface area (Å²) in [6.45, 7) is 5.00. The maximum Gasteiger partial charge on any atom is 0.319 e. The number of hydrogen-bond donors (Lipinski definition) is 2. The molecule has 0 bridgehead atoms. The zero-order chi connectivity index (χ0) is 17.5. The molecule has 1 fully saturated rings. The third-order valence-corrected chi connectivity index (χ3v) is 5.30. The minimum absolute atomic E-state index is 0.168. The quantitative estimate of drug-likeness (QED) is 0.824. The van der Waals surface area contributed by atoms with E-state index in [9.17, 15) is 4.79 Å². The fraction of sp³-hybridized carbons (Fsp3) is 0.474. The number of benzene rings is 1. The number of carbonyl (C=O) groups excluding carboxylic acids is 1. The van der Waals surface area contributed by atoms with E-state index in [1.165, 1.54) is 24.8 Å². The van der Waals surface area contributed by atoms with E-state index in [1.807, 2.05) is 23.0 Å². The Hall–Kier alpha value is -1.92. The number of rotatable bonds is 6. The van der Waals surface area contributed by atoms with Crippen LogP contribution in [0, 0.1) is 0 Å². The summed E-state index contributed by atoms with van der Waals surface area (Å²) in [5.74, 6) is 0. The second kappa shape index (κ2) is 8.97. The van der Waals surface area contributed by atoms with Crippen LogP contribution in [0.1, 0.15) is 37.4 Å². The summed E-state index contributed by atoms with van der Waals surface area (Å²) in [6.07, 6.45) is 4.65. The Bertz CT molecular complexity index is 674. The number of aromatic nitrogens is 1. The molecule has 0 saturated carbocycles. The van der Waals surface area contributed by atoms with Crippen LogP contribution in [0.25, 0.3) is 0 Å². The summed E-state index contributed by atoms with van der Waals surface area (Å²) in [4.78, 5) is 18.8. The van der Waals surface area contributed by atoms with Crippen molar-refractivity contribution in [1.29, 1.82) is 0 Å². The van der Waals surface area contributed by atoms with E-state index in [1.54, 1.807) is 11.3 Å². The smallest absolute Gasteiger partial charge is 0.319 e. The minimum Gasteiger partial charge on any atom is -0.337 e. The van der Waals surface area contributed by atoms with Gasteiger partial charge in [0.1, 0.15) is 0 Å². The lowest BCUT2D eigenvalue weighted by Gasteiger charge is -2.33. The molecule has 3 rings (SSSR count). The monoisotopic (exact) mass is 358 g/mol. The van der Waals surface area contributed by atoms with Crippen LogP contribution in [0.5, 0.6) is 0 Å². The summed E-state index contributed by atoms with van der Waals surface area (Å²) >= 11 is 1.57. The second-order valence-electron chi connectivity index (χ2n) is 6.63. The average Bonchev–Trinajstić information content (AvgIpc) is 3.11. The van der Waals surface area contributed by atoms with Gasteiger partial charge in [-0.15, -0.1) is 11.3 Å². The van der Waals surface area contributed by atoms with Crippen molar-refractivity contribution in [2.24, 2.45) is 0 Å². The number of amides is 2. The third-order valence-electron chi connectivity index (χ3n) is 4.66. The minimum atomic E-state index is -0.168. The molecule has 2 amide bonds. The van der Waals surface area contributed by atoms with Crippen molar-refractivity contribution in [1.82, 2.24) is 15.2 Å². The number of nitrogens with zero attached hydrogens (tertiary/aromatic N) is 2. The predicted molar refractivity (Wildman–Crippen MR) is 103 cm³/mol. The molecule has 1 atom stereocenters. The van der Waals surface area contributed by atoms with Gasteiger partial charge in [-0.2, -0.15) is 0 Å². The lowest BCUT2D eigenvalue weighted by Crippen LogP contribution is -2.36. The van der Waals surface area contributed by atoms with Gasteiger partial charge < -0.3 is 10.6 Å². The van der Waals surface area contributed by atoms with Crippen LogP contribution in [0.3, 0.4) is 0 Å². The van der Waals surface area contributed by atoms with E-state index < -0.39 is 0 Å². The van der Waals surface area contributed by atoms with Gasteiger partial charge in [0.15, 0.2) is 0 Å². The summed E-state index contributed by atoms with van der Waals surface area (Å²) in [6, 6.07) is 8.62.